The van der Waals surface area contributed by atoms with Crippen LogP contribution in [-0.4, -0.2) is 64.4 Å². The fourth-order valence-corrected chi connectivity index (χ4v) is 5.82. The first kappa shape index (κ1) is 26.4. The Balaban J connectivity index is 1.28. The monoisotopic (exact) mass is 534 g/mol. The Morgan fingerprint density at radius 1 is 1.11 bits per heavy atom. The fourth-order valence-electron chi connectivity index (χ4n) is 5.82. The van der Waals surface area contributed by atoms with Crippen LogP contribution >= 0.6 is 0 Å². The SMILES string of the molecule is O=C1[C@@H]2[C@H]3[C@H](O)[C@H](O)C/C(=N/OC[C@@H](O)COCc4ccco4)[C@H]3CC[C@H]2C(=O)N1c1ccc(F)cc1F. The minimum Gasteiger partial charge on any atom is -0.467 e. The number of imide groups is 1. The van der Waals surface area contributed by atoms with Gasteiger partial charge < -0.3 is 29.3 Å². The van der Waals surface area contributed by atoms with Crippen molar-refractivity contribution in [1.82, 2.24) is 0 Å². The molecule has 2 amide bonds. The molecule has 1 aromatic carbocycles. The van der Waals surface area contributed by atoms with Gasteiger partial charge in [-0.05, 0) is 37.1 Å². The molecule has 2 aromatic rings. The van der Waals surface area contributed by atoms with Crippen molar-refractivity contribution in [3.63, 3.8) is 0 Å². The van der Waals surface area contributed by atoms with Crippen LogP contribution in [0.4, 0.5) is 14.5 Å². The number of hydrogen-bond acceptors (Lipinski definition) is 9. The molecule has 2 saturated carbocycles. The average Bonchev–Trinajstić information content (AvgIpc) is 3.49. The molecule has 0 unspecified atom stereocenters. The molecule has 0 radical (unpaired) electrons. The van der Waals surface area contributed by atoms with E-state index in [1.807, 2.05) is 0 Å². The highest BCUT2D eigenvalue weighted by Crippen LogP contribution is 2.50. The normalized spacial score (nSPS) is 30.9. The number of aliphatic hydroxyl groups is 3. The van der Waals surface area contributed by atoms with Gasteiger partial charge in [-0.2, -0.15) is 0 Å². The largest absolute Gasteiger partial charge is 0.467 e. The van der Waals surface area contributed by atoms with Gasteiger partial charge >= 0.3 is 0 Å². The summed E-state index contributed by atoms with van der Waals surface area (Å²) >= 11 is 0. The minimum absolute atomic E-state index is 0.0107. The first-order valence-electron chi connectivity index (χ1n) is 12.4. The molecule has 2 aliphatic carbocycles. The van der Waals surface area contributed by atoms with Gasteiger partial charge in [-0.15, -0.1) is 0 Å². The van der Waals surface area contributed by atoms with Crippen molar-refractivity contribution in [1.29, 1.82) is 0 Å². The van der Waals surface area contributed by atoms with Crippen LogP contribution in [0, 0.1) is 35.3 Å². The molecule has 3 aliphatic rings. The van der Waals surface area contributed by atoms with Gasteiger partial charge in [0.25, 0.3) is 0 Å². The van der Waals surface area contributed by atoms with E-state index in [1.165, 1.54) is 6.26 Å². The molecule has 0 bridgehead atoms. The molecule has 10 nitrogen and oxygen atoms in total. The van der Waals surface area contributed by atoms with E-state index in [0.29, 0.717) is 28.9 Å². The number of ether oxygens (including phenoxy) is 1. The Morgan fingerprint density at radius 2 is 1.89 bits per heavy atom. The molecular formula is C26H28F2N2O8. The molecule has 7 atom stereocenters. The molecule has 1 saturated heterocycles. The van der Waals surface area contributed by atoms with Gasteiger partial charge in [-0.3, -0.25) is 9.59 Å². The maximum absolute atomic E-state index is 14.5. The highest BCUT2D eigenvalue weighted by Gasteiger charge is 2.60. The molecule has 38 heavy (non-hydrogen) atoms. The number of anilines is 1. The fraction of sp³-hybridized carbons (Fsp3) is 0.500. The second-order valence-electron chi connectivity index (χ2n) is 9.89. The van der Waals surface area contributed by atoms with E-state index in [-0.39, 0.29) is 38.3 Å². The number of amides is 2. The predicted molar refractivity (Wildman–Crippen MR) is 126 cm³/mol. The van der Waals surface area contributed by atoms with Crippen molar-refractivity contribution in [2.24, 2.45) is 28.8 Å². The first-order valence-corrected chi connectivity index (χ1v) is 12.4. The summed E-state index contributed by atoms with van der Waals surface area (Å²) < 4.78 is 38.4. The number of carbonyl (C=O) groups excluding carboxylic acids is 2. The number of halogens is 2. The molecule has 204 valence electrons. The van der Waals surface area contributed by atoms with Gasteiger partial charge in [-0.25, -0.2) is 13.7 Å². The summed E-state index contributed by atoms with van der Waals surface area (Å²) in [4.78, 5) is 32.6. The highest BCUT2D eigenvalue weighted by molar-refractivity contribution is 6.22. The van der Waals surface area contributed by atoms with E-state index in [2.05, 4.69) is 5.16 Å². The molecule has 0 spiro atoms. The van der Waals surface area contributed by atoms with Crippen molar-refractivity contribution >= 4 is 23.2 Å². The van der Waals surface area contributed by atoms with Crippen LogP contribution in [0.15, 0.2) is 46.2 Å². The van der Waals surface area contributed by atoms with E-state index >= 15 is 0 Å². The maximum Gasteiger partial charge on any atom is 0.238 e. The van der Waals surface area contributed by atoms with E-state index in [0.717, 1.165) is 12.1 Å². The zero-order chi connectivity index (χ0) is 27.0. The molecule has 1 aliphatic heterocycles. The average molecular weight is 535 g/mol. The number of nitrogens with zero attached hydrogens (tertiary/aromatic N) is 2. The lowest BCUT2D eigenvalue weighted by Crippen LogP contribution is -2.54. The van der Waals surface area contributed by atoms with Crippen molar-refractivity contribution in [2.45, 2.75) is 44.2 Å². The third-order valence-corrected chi connectivity index (χ3v) is 7.51. The number of benzene rings is 1. The van der Waals surface area contributed by atoms with Gasteiger partial charge in [0.05, 0.1) is 48.3 Å². The number of carbonyl (C=O) groups is 2. The summed E-state index contributed by atoms with van der Waals surface area (Å²) in [5, 5.41) is 35.6. The smallest absolute Gasteiger partial charge is 0.238 e. The van der Waals surface area contributed by atoms with Crippen LogP contribution in [0.5, 0.6) is 0 Å². The Hall–Kier alpha value is -3.19. The highest BCUT2D eigenvalue weighted by atomic mass is 19.1. The van der Waals surface area contributed by atoms with E-state index in [1.54, 1.807) is 12.1 Å². The van der Waals surface area contributed by atoms with Crippen molar-refractivity contribution < 1.29 is 47.7 Å². The molecule has 5 rings (SSSR count). The second-order valence-corrected chi connectivity index (χ2v) is 9.89. The summed E-state index contributed by atoms with van der Waals surface area (Å²) in [6.07, 6.45) is -1.41. The number of rotatable bonds is 8. The van der Waals surface area contributed by atoms with Crippen LogP contribution in [0.25, 0.3) is 0 Å². The summed E-state index contributed by atoms with van der Waals surface area (Å²) in [6.45, 7) is -0.0472. The lowest BCUT2D eigenvalue weighted by atomic mass is 9.60. The lowest BCUT2D eigenvalue weighted by Gasteiger charge is -2.45. The van der Waals surface area contributed by atoms with Gasteiger partial charge in [0.2, 0.25) is 11.8 Å². The van der Waals surface area contributed by atoms with Crippen LogP contribution in [0.2, 0.25) is 0 Å². The van der Waals surface area contributed by atoms with E-state index in [4.69, 9.17) is 14.0 Å². The number of oxime groups is 1. The zero-order valence-corrected chi connectivity index (χ0v) is 20.3. The molecule has 3 N–H and O–H groups in total. The molecular weight excluding hydrogens is 506 g/mol. The molecule has 12 heteroatoms. The zero-order valence-electron chi connectivity index (χ0n) is 20.3. The van der Waals surface area contributed by atoms with E-state index in [9.17, 15) is 33.7 Å². The van der Waals surface area contributed by atoms with Crippen LogP contribution in [-0.2, 0) is 25.8 Å². The van der Waals surface area contributed by atoms with Gasteiger partial charge in [0.1, 0.15) is 36.7 Å². The van der Waals surface area contributed by atoms with Crippen molar-refractivity contribution in [3.8, 4) is 0 Å². The molecule has 3 fully saturated rings. The van der Waals surface area contributed by atoms with Gasteiger partial charge in [-0.1, -0.05) is 5.16 Å². The Morgan fingerprint density at radius 3 is 2.63 bits per heavy atom. The Bertz CT molecular complexity index is 1210. The number of aliphatic hydroxyl groups excluding tert-OH is 3. The Kier molecular flexibility index (Phi) is 7.57. The number of furan rings is 1. The number of fused-ring (bicyclic) bond motifs is 3. The summed E-state index contributed by atoms with van der Waals surface area (Å²) in [5.74, 6) is -5.78. The standard InChI is InChI=1S/C26H28F2N2O8/c27-13-3-6-20(18(28)8-13)30-25(34)17-5-4-16-19(9-21(32)24(33)22(16)23(17)26(30)35)29-38-11-14(31)10-36-12-15-2-1-7-37-15/h1-3,6-8,14,16-17,21-24,31-33H,4-5,9-12H2/b29-19-/t14-,16+,17+,21+,22-,23-,24+/m0/s1. The summed E-state index contributed by atoms with van der Waals surface area (Å²) in [7, 11) is 0. The first-order chi connectivity index (χ1) is 18.3. The Labute approximate surface area is 216 Å². The minimum atomic E-state index is -1.32. The van der Waals surface area contributed by atoms with Gasteiger partial charge in [0.15, 0.2) is 0 Å². The van der Waals surface area contributed by atoms with Gasteiger partial charge in [0, 0.05) is 24.3 Å². The van der Waals surface area contributed by atoms with E-state index < -0.39 is 65.4 Å². The number of hydrogen-bond donors (Lipinski definition) is 3. The lowest BCUT2D eigenvalue weighted by molar-refractivity contribution is -0.132. The quantitative estimate of drug-likeness (QED) is 0.344. The third-order valence-electron chi connectivity index (χ3n) is 7.51. The molecule has 2 heterocycles. The summed E-state index contributed by atoms with van der Waals surface area (Å²) in [6, 6.07) is 6.05. The summed E-state index contributed by atoms with van der Waals surface area (Å²) in [5.41, 5.74) is 0.0558. The maximum atomic E-state index is 14.5. The topological polar surface area (TPSA) is 142 Å². The van der Waals surface area contributed by atoms with Crippen LogP contribution < -0.4 is 4.90 Å². The predicted octanol–water partition coefficient (Wildman–Crippen LogP) is 1.77. The van der Waals surface area contributed by atoms with Crippen molar-refractivity contribution in [3.05, 3.63) is 54.0 Å². The van der Waals surface area contributed by atoms with Crippen LogP contribution in [0.1, 0.15) is 25.0 Å². The molecule has 1 aromatic heterocycles. The van der Waals surface area contributed by atoms with Crippen molar-refractivity contribution in [2.75, 3.05) is 18.1 Å². The van der Waals surface area contributed by atoms with Crippen LogP contribution in [0.3, 0.4) is 0 Å². The third kappa shape index (κ3) is 4.96. The second kappa shape index (κ2) is 10.9.